The molecule has 0 unspecified atom stereocenters. The Kier molecular flexibility index (Phi) is 8.81. The van der Waals surface area contributed by atoms with Gasteiger partial charge in [0.15, 0.2) is 0 Å². The van der Waals surface area contributed by atoms with E-state index in [0.717, 1.165) is 46.8 Å². The normalized spacial score (nSPS) is 18.0. The van der Waals surface area contributed by atoms with E-state index in [1.165, 1.54) is 63.4 Å². The first-order valence-electron chi connectivity index (χ1n) is 13.4. The molecule has 1 aliphatic carbocycles. The van der Waals surface area contributed by atoms with Crippen molar-refractivity contribution in [1.82, 2.24) is 0 Å². The molecule has 4 rings (SSSR count). The van der Waals surface area contributed by atoms with Crippen molar-refractivity contribution in [3.63, 3.8) is 0 Å². The van der Waals surface area contributed by atoms with Crippen LogP contribution in [0.15, 0.2) is 54.6 Å². The van der Waals surface area contributed by atoms with Gasteiger partial charge < -0.3 is 0 Å². The van der Waals surface area contributed by atoms with Crippen molar-refractivity contribution in [3.05, 3.63) is 82.7 Å². The molecule has 0 aromatic heterocycles. The number of aryl methyl sites for hydroxylation is 2. The fourth-order valence-electron chi connectivity index (χ4n) is 5.24. The molecule has 3 aromatic carbocycles. The van der Waals surface area contributed by atoms with Crippen LogP contribution in [0, 0.1) is 29.5 Å². The lowest BCUT2D eigenvalue weighted by molar-refractivity contribution is 0.278. The molecule has 0 atom stereocenters. The molecule has 0 N–H and O–H groups in total. The molecule has 0 aliphatic heterocycles. The smallest absolute Gasteiger partial charge is 0.134 e. The van der Waals surface area contributed by atoms with Gasteiger partial charge in [0.2, 0.25) is 0 Å². The first kappa shape index (κ1) is 24.5. The number of halogens is 1. The highest BCUT2D eigenvalue weighted by molar-refractivity contribution is 5.85. The minimum Gasteiger partial charge on any atom is -0.206 e. The largest absolute Gasteiger partial charge is 0.206 e. The Bertz CT molecular complexity index is 1120. The summed E-state index contributed by atoms with van der Waals surface area (Å²) in [6.45, 7) is 4.59. The van der Waals surface area contributed by atoms with Crippen molar-refractivity contribution in [2.45, 2.75) is 84.5 Å². The summed E-state index contributed by atoms with van der Waals surface area (Å²) in [5.41, 5.74) is 4.21. The lowest BCUT2D eigenvalue weighted by atomic mass is 9.80. The van der Waals surface area contributed by atoms with Gasteiger partial charge in [0, 0.05) is 16.5 Å². The predicted molar refractivity (Wildman–Crippen MR) is 144 cm³/mol. The molecule has 1 aliphatic rings. The van der Waals surface area contributed by atoms with E-state index in [1.807, 2.05) is 30.3 Å². The summed E-state index contributed by atoms with van der Waals surface area (Å²) >= 11 is 0. The molecule has 0 radical (unpaired) electrons. The molecule has 1 saturated carbocycles. The molecule has 0 bridgehead atoms. The van der Waals surface area contributed by atoms with Crippen LogP contribution in [-0.2, 0) is 12.8 Å². The number of rotatable bonds is 8. The predicted octanol–water partition coefficient (Wildman–Crippen LogP) is 9.26. The van der Waals surface area contributed by atoms with Crippen molar-refractivity contribution in [2.75, 3.05) is 0 Å². The maximum absolute atomic E-state index is 15.0. The second-order valence-electron chi connectivity index (χ2n) is 10.4. The quantitative estimate of drug-likeness (QED) is 0.235. The third kappa shape index (κ3) is 6.73. The fourth-order valence-corrected chi connectivity index (χ4v) is 5.24. The van der Waals surface area contributed by atoms with E-state index in [2.05, 4.69) is 50.0 Å². The summed E-state index contributed by atoms with van der Waals surface area (Å²) in [5, 5.41) is 1.63. The number of unbranched alkanes of at least 4 members (excludes halogenated alkanes) is 3. The van der Waals surface area contributed by atoms with Crippen molar-refractivity contribution >= 4 is 10.8 Å². The van der Waals surface area contributed by atoms with E-state index < -0.39 is 0 Å². The lowest BCUT2D eigenvalue weighted by Gasteiger charge is -2.26. The van der Waals surface area contributed by atoms with E-state index in [9.17, 15) is 4.39 Å². The van der Waals surface area contributed by atoms with Crippen LogP contribution in [0.2, 0.25) is 0 Å². The summed E-state index contributed by atoms with van der Waals surface area (Å²) in [4.78, 5) is 0. The molecule has 0 saturated heterocycles. The van der Waals surface area contributed by atoms with Gasteiger partial charge in [-0.05, 0) is 78.3 Å². The maximum Gasteiger partial charge on any atom is 0.134 e. The number of hydrogen-bond acceptors (Lipinski definition) is 0. The third-order valence-corrected chi connectivity index (χ3v) is 7.62. The maximum atomic E-state index is 15.0. The highest BCUT2D eigenvalue weighted by Gasteiger charge is 2.17. The summed E-state index contributed by atoms with van der Waals surface area (Å²) in [5.74, 6) is 8.32. The van der Waals surface area contributed by atoms with Crippen LogP contribution in [0.3, 0.4) is 0 Å². The Morgan fingerprint density at radius 2 is 1.53 bits per heavy atom. The van der Waals surface area contributed by atoms with Crippen molar-refractivity contribution in [1.29, 1.82) is 0 Å². The third-order valence-electron chi connectivity index (χ3n) is 7.62. The van der Waals surface area contributed by atoms with Gasteiger partial charge in [-0.2, -0.15) is 0 Å². The van der Waals surface area contributed by atoms with E-state index in [1.54, 1.807) is 0 Å². The molecule has 178 valence electrons. The number of hydrogen-bond donors (Lipinski definition) is 0. The molecule has 1 fully saturated rings. The molecule has 0 spiro atoms. The van der Waals surface area contributed by atoms with E-state index in [0.29, 0.717) is 5.39 Å². The highest BCUT2D eigenvalue weighted by atomic mass is 19.1. The standard InChI is InChI=1S/C33H39F/c1-3-4-5-6-7-30-21-22-31-24-29(20-23-32(31)33(30)34)19-18-28-16-14-27(15-17-28)13-12-26-10-8-25(2)9-11-26/h14-17,20-26H,3-13H2,1-2H3. The van der Waals surface area contributed by atoms with Gasteiger partial charge in [0.1, 0.15) is 5.82 Å². The SMILES string of the molecule is CCCCCCc1ccc2cc(C#Cc3ccc(CCC4CCC(C)CC4)cc3)ccc2c1F. The molecule has 34 heavy (non-hydrogen) atoms. The van der Waals surface area contributed by atoms with Gasteiger partial charge in [-0.1, -0.05) is 101 Å². The first-order valence-corrected chi connectivity index (χ1v) is 13.4. The molecule has 0 heterocycles. The molecule has 0 amide bonds. The van der Waals surface area contributed by atoms with Gasteiger partial charge in [-0.3, -0.25) is 0 Å². The van der Waals surface area contributed by atoms with Gasteiger partial charge in [-0.25, -0.2) is 4.39 Å². The molecule has 3 aromatic rings. The Morgan fingerprint density at radius 1 is 0.794 bits per heavy atom. The number of fused-ring (bicyclic) bond motifs is 1. The molecular weight excluding hydrogens is 415 g/mol. The Morgan fingerprint density at radius 3 is 2.29 bits per heavy atom. The summed E-state index contributed by atoms with van der Waals surface area (Å²) in [6, 6.07) is 18.6. The first-order chi connectivity index (χ1) is 16.6. The Hall–Kier alpha value is -2.59. The van der Waals surface area contributed by atoms with Crippen LogP contribution in [0.4, 0.5) is 4.39 Å². The van der Waals surface area contributed by atoms with Crippen molar-refractivity contribution in [3.8, 4) is 11.8 Å². The van der Waals surface area contributed by atoms with Gasteiger partial charge in [0.25, 0.3) is 0 Å². The molecular formula is C33H39F. The van der Waals surface area contributed by atoms with E-state index in [4.69, 9.17) is 0 Å². The van der Waals surface area contributed by atoms with Crippen LogP contribution in [0.25, 0.3) is 10.8 Å². The fraction of sp³-hybridized carbons (Fsp3) is 0.455. The van der Waals surface area contributed by atoms with Crippen LogP contribution in [-0.4, -0.2) is 0 Å². The highest BCUT2D eigenvalue weighted by Crippen LogP contribution is 2.31. The zero-order chi connectivity index (χ0) is 23.8. The summed E-state index contributed by atoms with van der Waals surface area (Å²) in [6.07, 6.45) is 13.6. The van der Waals surface area contributed by atoms with Crippen LogP contribution < -0.4 is 0 Å². The Balaban J connectivity index is 1.36. The van der Waals surface area contributed by atoms with E-state index >= 15 is 0 Å². The van der Waals surface area contributed by atoms with Gasteiger partial charge in [-0.15, -0.1) is 0 Å². The average Bonchev–Trinajstić information content (AvgIpc) is 2.87. The summed E-state index contributed by atoms with van der Waals surface area (Å²) < 4.78 is 15.0. The number of benzene rings is 3. The van der Waals surface area contributed by atoms with Crippen LogP contribution >= 0.6 is 0 Å². The zero-order valence-electron chi connectivity index (χ0n) is 21.0. The van der Waals surface area contributed by atoms with Crippen LogP contribution in [0.1, 0.15) is 93.9 Å². The lowest BCUT2D eigenvalue weighted by Crippen LogP contribution is -2.12. The Labute approximate surface area is 206 Å². The minimum atomic E-state index is -0.0631. The second kappa shape index (κ2) is 12.2. The summed E-state index contributed by atoms with van der Waals surface area (Å²) in [7, 11) is 0. The second-order valence-corrected chi connectivity index (χ2v) is 10.4. The van der Waals surface area contributed by atoms with Crippen LogP contribution in [0.5, 0.6) is 0 Å². The average molecular weight is 455 g/mol. The van der Waals surface area contributed by atoms with Gasteiger partial charge in [0.05, 0.1) is 0 Å². The van der Waals surface area contributed by atoms with Gasteiger partial charge >= 0.3 is 0 Å². The monoisotopic (exact) mass is 454 g/mol. The zero-order valence-corrected chi connectivity index (χ0v) is 21.0. The topological polar surface area (TPSA) is 0 Å². The molecule has 1 heteroatoms. The minimum absolute atomic E-state index is 0.0631. The van der Waals surface area contributed by atoms with E-state index in [-0.39, 0.29) is 5.82 Å². The van der Waals surface area contributed by atoms with Crippen molar-refractivity contribution in [2.24, 2.45) is 11.8 Å². The van der Waals surface area contributed by atoms with Crippen molar-refractivity contribution < 1.29 is 4.39 Å². The molecule has 0 nitrogen and oxygen atoms in total.